The Hall–Kier alpha value is -1.93. The third-order valence-corrected chi connectivity index (χ3v) is 2.52. The summed E-state index contributed by atoms with van der Waals surface area (Å²) < 4.78 is 40.0. The van der Waals surface area contributed by atoms with E-state index in [4.69, 9.17) is 0 Å². The summed E-state index contributed by atoms with van der Waals surface area (Å²) in [6.07, 6.45) is -2.67. The molecule has 1 N–H and O–H groups in total. The highest BCUT2D eigenvalue weighted by Gasteiger charge is 2.27. The van der Waals surface area contributed by atoms with Crippen molar-refractivity contribution >= 4 is 0 Å². The second-order valence-corrected chi connectivity index (χ2v) is 4.31. The van der Waals surface area contributed by atoms with Gasteiger partial charge in [0, 0.05) is 13.1 Å². The summed E-state index contributed by atoms with van der Waals surface area (Å²) in [5.74, 6) is 0. The van der Waals surface area contributed by atoms with Crippen LogP contribution in [0.2, 0.25) is 0 Å². The minimum atomic E-state index is -4.28. The molecule has 0 radical (unpaired) electrons. The van der Waals surface area contributed by atoms with E-state index >= 15 is 0 Å². The molecule has 114 valence electrons. The molecule has 2 aromatic rings. The predicted octanol–water partition coefficient (Wildman–Crippen LogP) is 1.94. The Morgan fingerprint density at radius 1 is 1.19 bits per heavy atom. The van der Waals surface area contributed by atoms with E-state index in [0.717, 1.165) is 5.69 Å². The fourth-order valence-corrected chi connectivity index (χ4v) is 1.61. The van der Waals surface area contributed by atoms with Crippen molar-refractivity contribution in [1.29, 1.82) is 0 Å². The van der Waals surface area contributed by atoms with Gasteiger partial charge in [0.1, 0.15) is 6.61 Å². The summed E-state index contributed by atoms with van der Waals surface area (Å²) in [4.78, 5) is 1.50. The van der Waals surface area contributed by atoms with Gasteiger partial charge in [-0.1, -0.05) is 18.2 Å². The third kappa shape index (κ3) is 5.52. The standard InChI is InChI=1S/C13H15F3N4O/c14-13(15,16)10-21-7-6-17-8-11-9-18-20(19-11)12-4-2-1-3-5-12/h1-5,9,17H,6-8,10H2. The highest BCUT2D eigenvalue weighted by molar-refractivity contribution is 5.28. The fraction of sp³-hybridized carbons (Fsp3) is 0.385. The molecule has 21 heavy (non-hydrogen) atoms. The van der Waals surface area contributed by atoms with Gasteiger partial charge >= 0.3 is 6.18 Å². The van der Waals surface area contributed by atoms with Crippen LogP contribution < -0.4 is 5.32 Å². The molecular weight excluding hydrogens is 285 g/mol. The van der Waals surface area contributed by atoms with Crippen molar-refractivity contribution in [2.24, 2.45) is 0 Å². The third-order valence-electron chi connectivity index (χ3n) is 2.52. The average molecular weight is 300 g/mol. The van der Waals surface area contributed by atoms with Gasteiger partial charge in [0.05, 0.1) is 24.2 Å². The van der Waals surface area contributed by atoms with Gasteiger partial charge in [0.15, 0.2) is 0 Å². The number of hydrogen-bond donors (Lipinski definition) is 1. The van der Waals surface area contributed by atoms with Gasteiger partial charge in [-0.15, -0.1) is 0 Å². The summed E-state index contributed by atoms with van der Waals surface area (Å²) in [6, 6.07) is 9.42. The topological polar surface area (TPSA) is 52.0 Å². The Morgan fingerprint density at radius 2 is 1.95 bits per heavy atom. The quantitative estimate of drug-likeness (QED) is 0.794. The molecule has 1 aromatic carbocycles. The van der Waals surface area contributed by atoms with Gasteiger partial charge in [-0.2, -0.15) is 28.2 Å². The zero-order valence-electron chi connectivity index (χ0n) is 11.2. The predicted molar refractivity (Wildman–Crippen MR) is 69.9 cm³/mol. The average Bonchev–Trinajstić information content (AvgIpc) is 2.91. The Labute approximate surface area is 119 Å². The molecule has 0 unspecified atom stereocenters. The van der Waals surface area contributed by atoms with Gasteiger partial charge in [-0.05, 0) is 12.1 Å². The molecule has 0 spiro atoms. The lowest BCUT2D eigenvalue weighted by atomic mass is 10.3. The maximum atomic E-state index is 11.8. The van der Waals surface area contributed by atoms with E-state index in [1.807, 2.05) is 30.3 Å². The molecule has 1 heterocycles. The smallest absolute Gasteiger partial charge is 0.371 e. The van der Waals surface area contributed by atoms with E-state index in [0.29, 0.717) is 18.8 Å². The molecule has 0 fully saturated rings. The van der Waals surface area contributed by atoms with Crippen LogP contribution in [-0.4, -0.2) is 40.9 Å². The van der Waals surface area contributed by atoms with Crippen LogP contribution in [0.1, 0.15) is 5.69 Å². The molecule has 0 amide bonds. The summed E-state index contributed by atoms with van der Waals surface area (Å²) in [7, 11) is 0. The van der Waals surface area contributed by atoms with E-state index in [-0.39, 0.29) is 6.61 Å². The molecule has 0 saturated heterocycles. The van der Waals surface area contributed by atoms with Crippen LogP contribution in [0.15, 0.2) is 36.5 Å². The van der Waals surface area contributed by atoms with Crippen LogP contribution in [0.25, 0.3) is 5.69 Å². The highest BCUT2D eigenvalue weighted by Crippen LogP contribution is 2.13. The SMILES string of the molecule is FC(F)(F)COCCNCc1cnn(-c2ccccc2)n1. The number of para-hydroxylation sites is 1. The van der Waals surface area contributed by atoms with Crippen molar-refractivity contribution < 1.29 is 17.9 Å². The lowest BCUT2D eigenvalue weighted by molar-refractivity contribution is -0.173. The van der Waals surface area contributed by atoms with Gasteiger partial charge < -0.3 is 10.1 Å². The van der Waals surface area contributed by atoms with E-state index in [2.05, 4.69) is 20.3 Å². The number of nitrogens with zero attached hydrogens (tertiary/aromatic N) is 3. The first-order chi connectivity index (χ1) is 10.0. The first kappa shape index (κ1) is 15.5. The summed E-state index contributed by atoms with van der Waals surface area (Å²) in [5.41, 5.74) is 1.55. The molecular formula is C13H15F3N4O. The number of hydrogen-bond acceptors (Lipinski definition) is 4. The molecule has 0 atom stereocenters. The van der Waals surface area contributed by atoms with Crippen molar-refractivity contribution in [3.8, 4) is 5.69 Å². The van der Waals surface area contributed by atoms with E-state index in [9.17, 15) is 13.2 Å². The van der Waals surface area contributed by atoms with Crippen LogP contribution in [0.4, 0.5) is 13.2 Å². The summed E-state index contributed by atoms with van der Waals surface area (Å²) in [5, 5.41) is 11.3. The van der Waals surface area contributed by atoms with Crippen LogP contribution in [0, 0.1) is 0 Å². The first-order valence-corrected chi connectivity index (χ1v) is 6.36. The van der Waals surface area contributed by atoms with Crippen molar-refractivity contribution in [2.45, 2.75) is 12.7 Å². The summed E-state index contributed by atoms with van der Waals surface area (Å²) >= 11 is 0. The molecule has 0 aliphatic carbocycles. The molecule has 2 rings (SSSR count). The Bertz CT molecular complexity index is 542. The number of aromatic nitrogens is 3. The number of benzene rings is 1. The van der Waals surface area contributed by atoms with Crippen LogP contribution in [0.5, 0.6) is 0 Å². The van der Waals surface area contributed by atoms with Gasteiger partial charge in [-0.25, -0.2) is 0 Å². The van der Waals surface area contributed by atoms with Gasteiger partial charge in [0.2, 0.25) is 0 Å². The second kappa shape index (κ2) is 7.19. The fourth-order valence-electron chi connectivity index (χ4n) is 1.61. The zero-order chi connectivity index (χ0) is 15.1. The summed E-state index contributed by atoms with van der Waals surface area (Å²) in [6.45, 7) is -0.498. The zero-order valence-corrected chi connectivity index (χ0v) is 11.2. The number of ether oxygens (including phenoxy) is 1. The van der Waals surface area contributed by atoms with E-state index < -0.39 is 12.8 Å². The van der Waals surface area contributed by atoms with E-state index in [1.54, 1.807) is 6.20 Å². The lowest BCUT2D eigenvalue weighted by Crippen LogP contribution is -2.23. The van der Waals surface area contributed by atoms with Crippen molar-refractivity contribution in [3.63, 3.8) is 0 Å². The normalized spacial score (nSPS) is 11.8. The minimum absolute atomic E-state index is 0.00761. The number of rotatable bonds is 7. The van der Waals surface area contributed by atoms with Crippen molar-refractivity contribution in [1.82, 2.24) is 20.3 Å². The molecule has 0 saturated carbocycles. The molecule has 0 aliphatic rings. The molecule has 0 bridgehead atoms. The maximum absolute atomic E-state index is 11.8. The van der Waals surface area contributed by atoms with Crippen LogP contribution in [0.3, 0.4) is 0 Å². The van der Waals surface area contributed by atoms with Gasteiger partial charge in [-0.3, -0.25) is 0 Å². The van der Waals surface area contributed by atoms with Crippen molar-refractivity contribution in [3.05, 3.63) is 42.2 Å². The molecule has 8 heteroatoms. The largest absolute Gasteiger partial charge is 0.411 e. The Balaban J connectivity index is 1.69. The first-order valence-electron chi connectivity index (χ1n) is 6.36. The number of nitrogens with one attached hydrogen (secondary N) is 1. The van der Waals surface area contributed by atoms with Crippen LogP contribution >= 0.6 is 0 Å². The second-order valence-electron chi connectivity index (χ2n) is 4.31. The maximum Gasteiger partial charge on any atom is 0.411 e. The van der Waals surface area contributed by atoms with Crippen molar-refractivity contribution in [2.75, 3.05) is 19.8 Å². The number of halogens is 3. The van der Waals surface area contributed by atoms with E-state index in [1.165, 1.54) is 4.80 Å². The molecule has 5 nitrogen and oxygen atoms in total. The molecule has 0 aliphatic heterocycles. The Morgan fingerprint density at radius 3 is 2.67 bits per heavy atom. The number of alkyl halides is 3. The monoisotopic (exact) mass is 300 g/mol. The Kier molecular flexibility index (Phi) is 5.29. The lowest BCUT2D eigenvalue weighted by Gasteiger charge is -2.07. The molecule has 1 aromatic heterocycles. The minimum Gasteiger partial charge on any atom is -0.371 e. The van der Waals surface area contributed by atoms with Crippen LogP contribution in [-0.2, 0) is 11.3 Å². The van der Waals surface area contributed by atoms with Gasteiger partial charge in [0.25, 0.3) is 0 Å². The highest BCUT2D eigenvalue weighted by atomic mass is 19.4.